The molecule has 3 amide bonds. The van der Waals surface area contributed by atoms with Crippen LogP contribution in [0.25, 0.3) is 0 Å². The molecule has 0 saturated carbocycles. The van der Waals surface area contributed by atoms with Crippen LogP contribution in [0.4, 0.5) is 4.79 Å². The number of fused-ring (bicyclic) bond motifs is 1. The Hall–Kier alpha value is -1.24. The monoisotopic (exact) mass is 413 g/mol. The van der Waals surface area contributed by atoms with Gasteiger partial charge in [0.15, 0.2) is 0 Å². The van der Waals surface area contributed by atoms with Crippen LogP contribution in [0.15, 0.2) is 0 Å². The third-order valence-electron chi connectivity index (χ3n) is 4.61. The molecular formula is C21H39N3O3S. The van der Waals surface area contributed by atoms with Crippen LogP contribution in [0.5, 0.6) is 0 Å². The highest BCUT2D eigenvalue weighted by Gasteiger charge is 2.42. The number of ketones is 1. The first-order chi connectivity index (χ1) is 13.3. The van der Waals surface area contributed by atoms with Crippen molar-refractivity contribution in [3.63, 3.8) is 0 Å². The van der Waals surface area contributed by atoms with Gasteiger partial charge in [0.25, 0.3) is 0 Å². The molecule has 6 nitrogen and oxygen atoms in total. The van der Waals surface area contributed by atoms with E-state index in [2.05, 4.69) is 36.7 Å². The fourth-order valence-electron chi connectivity index (χ4n) is 3.27. The molecule has 0 radical (unpaired) electrons. The molecule has 162 valence electrons. The molecular weight excluding hydrogens is 374 g/mol. The Balaban J connectivity index is 0.000000892. The van der Waals surface area contributed by atoms with Gasteiger partial charge in [0, 0.05) is 30.4 Å². The Labute approximate surface area is 174 Å². The van der Waals surface area contributed by atoms with Crippen molar-refractivity contribution in [2.75, 3.05) is 12.3 Å². The molecule has 28 heavy (non-hydrogen) atoms. The Kier molecular flexibility index (Phi) is 12.3. The second-order valence-corrected chi connectivity index (χ2v) is 9.73. The zero-order valence-corrected chi connectivity index (χ0v) is 18.8. The van der Waals surface area contributed by atoms with E-state index in [1.54, 1.807) is 6.92 Å². The van der Waals surface area contributed by atoms with Crippen LogP contribution < -0.4 is 16.0 Å². The van der Waals surface area contributed by atoms with E-state index in [-0.39, 0.29) is 29.8 Å². The summed E-state index contributed by atoms with van der Waals surface area (Å²) in [6.45, 7) is 8.82. The normalized spacial score (nSPS) is 22.8. The molecule has 0 aromatic heterocycles. The van der Waals surface area contributed by atoms with Crippen molar-refractivity contribution in [2.45, 2.75) is 96.4 Å². The van der Waals surface area contributed by atoms with Crippen molar-refractivity contribution < 1.29 is 14.4 Å². The number of urea groups is 1. The maximum absolute atomic E-state index is 11.8. The van der Waals surface area contributed by atoms with Crippen molar-refractivity contribution in [1.29, 1.82) is 0 Å². The highest BCUT2D eigenvalue weighted by atomic mass is 32.2. The smallest absolute Gasteiger partial charge is 0.315 e. The van der Waals surface area contributed by atoms with Crippen molar-refractivity contribution in [3.05, 3.63) is 0 Å². The first kappa shape index (κ1) is 24.8. The van der Waals surface area contributed by atoms with E-state index >= 15 is 0 Å². The number of carbonyl (C=O) groups excluding carboxylic acids is 3. The van der Waals surface area contributed by atoms with Gasteiger partial charge in [-0.05, 0) is 38.5 Å². The average molecular weight is 414 g/mol. The van der Waals surface area contributed by atoms with Gasteiger partial charge in [-0.1, -0.05) is 33.6 Å². The molecule has 3 atom stereocenters. The summed E-state index contributed by atoms with van der Waals surface area (Å²) in [6.07, 6.45) is 7.02. The van der Waals surface area contributed by atoms with Crippen molar-refractivity contribution in [1.82, 2.24) is 16.0 Å². The van der Waals surface area contributed by atoms with Gasteiger partial charge >= 0.3 is 6.03 Å². The molecule has 2 aliphatic rings. The molecule has 0 bridgehead atoms. The molecule has 2 aliphatic heterocycles. The van der Waals surface area contributed by atoms with Gasteiger partial charge in [-0.2, -0.15) is 11.8 Å². The zero-order chi connectivity index (χ0) is 20.9. The van der Waals surface area contributed by atoms with E-state index in [9.17, 15) is 14.4 Å². The predicted octanol–water partition coefficient (Wildman–Crippen LogP) is 3.64. The van der Waals surface area contributed by atoms with Crippen LogP contribution >= 0.6 is 11.8 Å². The molecule has 3 unspecified atom stereocenters. The molecule has 2 fully saturated rings. The summed E-state index contributed by atoms with van der Waals surface area (Å²) in [6, 6.07) is 0.489. The molecule has 0 aliphatic carbocycles. The zero-order valence-electron chi connectivity index (χ0n) is 18.0. The number of hydrogen-bond acceptors (Lipinski definition) is 4. The van der Waals surface area contributed by atoms with E-state index in [4.69, 9.17) is 0 Å². The highest BCUT2D eigenvalue weighted by molar-refractivity contribution is 8.00. The number of nitrogens with one attached hydrogen (secondary N) is 3. The van der Waals surface area contributed by atoms with Crippen LogP contribution in [-0.2, 0) is 9.59 Å². The van der Waals surface area contributed by atoms with Crippen molar-refractivity contribution in [2.24, 2.45) is 5.92 Å². The summed E-state index contributed by atoms with van der Waals surface area (Å²) in [5.41, 5.74) is 0. The van der Waals surface area contributed by atoms with Gasteiger partial charge in [0.2, 0.25) is 5.91 Å². The third kappa shape index (κ3) is 10.9. The molecule has 2 saturated heterocycles. The number of hydrogen-bond donors (Lipinski definition) is 3. The second-order valence-electron chi connectivity index (χ2n) is 8.46. The quantitative estimate of drug-likeness (QED) is 0.356. The SMILES string of the molecule is CC(=O)CCCCCNC(=O)CCCCC1SCC2NC(=O)NC21.CC(C)C. The fraction of sp³-hybridized carbons (Fsp3) is 0.857. The second kappa shape index (κ2) is 13.9. The molecule has 2 heterocycles. The third-order valence-corrected chi connectivity index (χ3v) is 6.12. The lowest BCUT2D eigenvalue weighted by Gasteiger charge is -2.16. The van der Waals surface area contributed by atoms with Gasteiger partial charge in [-0.15, -0.1) is 0 Å². The molecule has 2 rings (SSSR count). The predicted molar refractivity (Wildman–Crippen MR) is 117 cm³/mol. The summed E-state index contributed by atoms with van der Waals surface area (Å²) in [5.74, 6) is 2.17. The van der Waals surface area contributed by atoms with Gasteiger partial charge in [0.05, 0.1) is 12.1 Å². The van der Waals surface area contributed by atoms with Crippen LogP contribution in [0.3, 0.4) is 0 Å². The largest absolute Gasteiger partial charge is 0.356 e. The lowest BCUT2D eigenvalue weighted by atomic mass is 10.0. The minimum atomic E-state index is -0.0435. The van der Waals surface area contributed by atoms with Crippen LogP contribution in [0.1, 0.15) is 79.1 Å². The average Bonchev–Trinajstić information content (AvgIpc) is 3.13. The van der Waals surface area contributed by atoms with Gasteiger partial charge in [-0.3, -0.25) is 4.79 Å². The number of thioether (sulfide) groups is 1. The maximum atomic E-state index is 11.8. The van der Waals surface area contributed by atoms with Gasteiger partial charge in [0.1, 0.15) is 5.78 Å². The van der Waals surface area contributed by atoms with E-state index < -0.39 is 0 Å². The number of rotatable bonds is 11. The summed E-state index contributed by atoms with van der Waals surface area (Å²) in [5, 5.41) is 9.36. The van der Waals surface area contributed by atoms with E-state index in [0.717, 1.165) is 50.2 Å². The summed E-state index contributed by atoms with van der Waals surface area (Å²) < 4.78 is 0. The Morgan fingerprint density at radius 1 is 1.07 bits per heavy atom. The molecule has 0 aromatic carbocycles. The van der Waals surface area contributed by atoms with Gasteiger partial charge < -0.3 is 20.7 Å². The topological polar surface area (TPSA) is 87.3 Å². The molecule has 3 N–H and O–H groups in total. The number of amides is 3. The first-order valence-corrected chi connectivity index (χ1v) is 11.8. The number of carbonyl (C=O) groups is 3. The van der Waals surface area contributed by atoms with Crippen LogP contribution in [0, 0.1) is 5.92 Å². The Morgan fingerprint density at radius 3 is 2.43 bits per heavy atom. The van der Waals surface area contributed by atoms with Gasteiger partial charge in [-0.25, -0.2) is 4.79 Å². The standard InChI is InChI=1S/C17H29N3O3S.C4H10/c1-12(21)7-3-2-6-10-18-15(22)9-5-4-8-14-16-13(11-24-14)19-17(23)20-16;1-4(2)3/h13-14,16H,2-11H2,1H3,(H,18,22)(H2,19,20,23);4H,1-3H3. The number of unbranched alkanes of at least 4 members (excludes halogenated alkanes) is 3. The fourth-order valence-corrected chi connectivity index (χ4v) is 4.81. The lowest BCUT2D eigenvalue weighted by molar-refractivity contribution is -0.121. The summed E-state index contributed by atoms with van der Waals surface area (Å²) in [4.78, 5) is 33.9. The molecule has 7 heteroatoms. The Bertz CT molecular complexity index is 497. The van der Waals surface area contributed by atoms with Crippen LogP contribution in [-0.4, -0.2) is 47.4 Å². The summed E-state index contributed by atoms with van der Waals surface area (Å²) >= 11 is 1.92. The lowest BCUT2D eigenvalue weighted by Crippen LogP contribution is -2.36. The first-order valence-electron chi connectivity index (χ1n) is 10.7. The van der Waals surface area contributed by atoms with Crippen molar-refractivity contribution in [3.8, 4) is 0 Å². The van der Waals surface area contributed by atoms with Crippen LogP contribution in [0.2, 0.25) is 0 Å². The maximum Gasteiger partial charge on any atom is 0.315 e. The molecule has 0 spiro atoms. The minimum absolute atomic E-state index is 0.0435. The van der Waals surface area contributed by atoms with E-state index in [0.29, 0.717) is 24.6 Å². The summed E-state index contributed by atoms with van der Waals surface area (Å²) in [7, 11) is 0. The molecule has 0 aromatic rings. The Morgan fingerprint density at radius 2 is 1.75 bits per heavy atom. The highest BCUT2D eigenvalue weighted by Crippen LogP contribution is 2.33. The minimum Gasteiger partial charge on any atom is -0.356 e. The number of Topliss-reactive ketones (excluding diaryl/α,β-unsaturated/α-hetero) is 1. The van der Waals surface area contributed by atoms with E-state index in [1.165, 1.54) is 0 Å². The van der Waals surface area contributed by atoms with E-state index in [1.807, 2.05) is 11.8 Å². The van der Waals surface area contributed by atoms with Crippen molar-refractivity contribution >= 4 is 29.5 Å².